The van der Waals surface area contributed by atoms with Gasteiger partial charge in [-0.3, -0.25) is 4.79 Å². The quantitative estimate of drug-likeness (QED) is 0.405. The summed E-state index contributed by atoms with van der Waals surface area (Å²) in [6, 6.07) is 0. The lowest BCUT2D eigenvalue weighted by Crippen LogP contribution is -2.60. The number of hydrogen-bond donors (Lipinski definition) is 1. The summed E-state index contributed by atoms with van der Waals surface area (Å²) in [5.41, 5.74) is 0.429. The monoisotopic (exact) mass is 430 g/mol. The number of methoxy groups -OCH3 is 1. The molecule has 1 saturated heterocycles. The number of aliphatic hydroxyl groups is 1. The molecule has 172 valence electrons. The Kier molecular flexibility index (Phi) is 4.83. The Bertz CT molecular complexity index is 830. The van der Waals surface area contributed by atoms with Crippen molar-refractivity contribution in [2.45, 2.75) is 96.2 Å². The number of fused-ring (bicyclic) bond motifs is 7. The van der Waals surface area contributed by atoms with E-state index >= 15 is 0 Å². The van der Waals surface area contributed by atoms with Gasteiger partial charge in [-0.15, -0.1) is 0 Å². The fourth-order valence-corrected chi connectivity index (χ4v) is 8.43. The first-order valence-electron chi connectivity index (χ1n) is 12.1. The number of ketones is 1. The molecular weight excluding hydrogens is 392 g/mol. The van der Waals surface area contributed by atoms with E-state index in [1.165, 1.54) is 11.8 Å². The molecule has 8 atom stereocenters. The first-order valence-corrected chi connectivity index (χ1v) is 12.1. The van der Waals surface area contributed by atoms with Gasteiger partial charge in [0.05, 0.1) is 25.6 Å². The summed E-state index contributed by atoms with van der Waals surface area (Å²) in [6.07, 6.45) is 11.8. The third kappa shape index (κ3) is 2.82. The molecule has 0 aromatic rings. The van der Waals surface area contributed by atoms with Crippen LogP contribution in [-0.2, 0) is 19.0 Å². The molecule has 5 aliphatic rings. The van der Waals surface area contributed by atoms with E-state index in [0.29, 0.717) is 17.8 Å². The predicted octanol–water partition coefficient (Wildman–Crippen LogP) is 4.54. The number of hydrogen-bond acceptors (Lipinski definition) is 5. The van der Waals surface area contributed by atoms with Gasteiger partial charge in [-0.2, -0.15) is 0 Å². The van der Waals surface area contributed by atoms with Crippen LogP contribution < -0.4 is 0 Å². The highest BCUT2D eigenvalue weighted by atomic mass is 16.8. The van der Waals surface area contributed by atoms with Crippen molar-refractivity contribution in [1.82, 2.24) is 0 Å². The standard InChI is InChI=1S/C26H38O5/c1-23(2)30-22-15-20-18-7-6-16-14-17(27)8-11-24(16,3)19(18)9-12-25(20,4)26(22,31-23)21(28)10-13-29-5/h6,10,13,17-20,22,27H,7-9,11-12,14-15H2,1-5H3. The zero-order chi connectivity index (χ0) is 22.2. The Labute approximate surface area is 186 Å². The van der Waals surface area contributed by atoms with Crippen molar-refractivity contribution < 1.29 is 24.1 Å². The minimum atomic E-state index is -0.950. The van der Waals surface area contributed by atoms with Crippen LogP contribution in [0.2, 0.25) is 0 Å². The van der Waals surface area contributed by atoms with E-state index < -0.39 is 11.4 Å². The summed E-state index contributed by atoms with van der Waals surface area (Å²) in [4.78, 5) is 13.6. The molecule has 1 N–H and O–H groups in total. The SMILES string of the molecule is COC=CC(=O)C12OC(C)(C)OC1CC1C3CC=C4CC(O)CCC4(C)C3CCC12C. The summed E-state index contributed by atoms with van der Waals surface area (Å²) >= 11 is 0. The number of carbonyl (C=O) groups is 1. The van der Waals surface area contributed by atoms with Gasteiger partial charge in [0.15, 0.2) is 17.2 Å². The molecule has 5 heteroatoms. The third-order valence-corrected chi connectivity index (χ3v) is 9.79. The Hall–Kier alpha value is -1.17. The van der Waals surface area contributed by atoms with Crippen molar-refractivity contribution in [2.24, 2.45) is 28.6 Å². The first kappa shape index (κ1) is 21.7. The van der Waals surface area contributed by atoms with Crippen molar-refractivity contribution in [3.05, 3.63) is 24.0 Å². The molecule has 5 nitrogen and oxygen atoms in total. The Morgan fingerprint density at radius 3 is 2.71 bits per heavy atom. The van der Waals surface area contributed by atoms with Crippen LogP contribution in [0.1, 0.15) is 72.6 Å². The normalized spacial score (nSPS) is 50.3. The fourth-order valence-electron chi connectivity index (χ4n) is 8.43. The number of aliphatic hydroxyl groups excluding tert-OH is 1. The van der Waals surface area contributed by atoms with Crippen LogP contribution in [0.4, 0.5) is 0 Å². The molecule has 0 aromatic heterocycles. The maximum absolute atomic E-state index is 13.6. The summed E-state index contributed by atoms with van der Waals surface area (Å²) in [6.45, 7) is 8.56. The van der Waals surface area contributed by atoms with Crippen LogP contribution in [0.25, 0.3) is 0 Å². The van der Waals surface area contributed by atoms with Crippen LogP contribution in [0.5, 0.6) is 0 Å². The topological polar surface area (TPSA) is 65.0 Å². The molecule has 0 bridgehead atoms. The van der Waals surface area contributed by atoms with E-state index in [4.69, 9.17) is 14.2 Å². The van der Waals surface area contributed by atoms with Crippen LogP contribution in [0, 0.1) is 28.6 Å². The molecule has 1 heterocycles. The summed E-state index contributed by atoms with van der Waals surface area (Å²) in [7, 11) is 1.56. The van der Waals surface area contributed by atoms with E-state index in [-0.39, 0.29) is 28.8 Å². The predicted molar refractivity (Wildman–Crippen MR) is 117 cm³/mol. The molecule has 3 saturated carbocycles. The molecule has 0 radical (unpaired) electrons. The molecule has 8 unspecified atom stereocenters. The first-order chi connectivity index (χ1) is 14.6. The molecule has 0 amide bonds. The summed E-state index contributed by atoms with van der Waals surface area (Å²) in [5.74, 6) is 0.726. The highest BCUT2D eigenvalue weighted by Crippen LogP contribution is 2.70. The van der Waals surface area contributed by atoms with Gasteiger partial charge in [-0.05, 0) is 82.0 Å². The maximum Gasteiger partial charge on any atom is 0.193 e. The van der Waals surface area contributed by atoms with Gasteiger partial charge in [0, 0.05) is 11.5 Å². The van der Waals surface area contributed by atoms with Gasteiger partial charge in [0.2, 0.25) is 0 Å². The van der Waals surface area contributed by atoms with Crippen molar-refractivity contribution in [2.75, 3.05) is 7.11 Å². The number of carbonyl (C=O) groups excluding carboxylic acids is 1. The number of rotatable bonds is 3. The molecule has 4 fully saturated rings. The second-order valence-corrected chi connectivity index (χ2v) is 11.6. The number of allylic oxidation sites excluding steroid dienone is 1. The summed E-state index contributed by atoms with van der Waals surface area (Å²) in [5, 5.41) is 10.2. The average molecular weight is 431 g/mol. The molecule has 1 aliphatic heterocycles. The van der Waals surface area contributed by atoms with Gasteiger partial charge in [0.1, 0.15) is 0 Å². The second kappa shape index (κ2) is 6.91. The Morgan fingerprint density at radius 1 is 1.19 bits per heavy atom. The van der Waals surface area contributed by atoms with Crippen LogP contribution in [0.15, 0.2) is 24.0 Å². The maximum atomic E-state index is 13.6. The van der Waals surface area contributed by atoms with Crippen molar-refractivity contribution in [3.8, 4) is 0 Å². The molecule has 5 rings (SSSR count). The highest BCUT2D eigenvalue weighted by Gasteiger charge is 2.75. The van der Waals surface area contributed by atoms with Gasteiger partial charge < -0.3 is 19.3 Å². The van der Waals surface area contributed by atoms with E-state index in [1.807, 2.05) is 13.8 Å². The molecular formula is C26H38O5. The minimum Gasteiger partial charge on any atom is -0.504 e. The van der Waals surface area contributed by atoms with E-state index in [2.05, 4.69) is 19.9 Å². The second-order valence-electron chi connectivity index (χ2n) is 11.6. The van der Waals surface area contributed by atoms with Crippen molar-refractivity contribution >= 4 is 5.78 Å². The van der Waals surface area contributed by atoms with Gasteiger partial charge in [-0.25, -0.2) is 0 Å². The Balaban J connectivity index is 1.54. The van der Waals surface area contributed by atoms with Gasteiger partial charge >= 0.3 is 0 Å². The smallest absolute Gasteiger partial charge is 0.193 e. The third-order valence-electron chi connectivity index (χ3n) is 9.79. The van der Waals surface area contributed by atoms with Gasteiger partial charge in [0.25, 0.3) is 0 Å². The van der Waals surface area contributed by atoms with Crippen LogP contribution >= 0.6 is 0 Å². The molecule has 4 aliphatic carbocycles. The van der Waals surface area contributed by atoms with Crippen LogP contribution in [-0.4, -0.2) is 41.6 Å². The summed E-state index contributed by atoms with van der Waals surface area (Å²) < 4.78 is 18.1. The fraction of sp³-hybridized carbons (Fsp3) is 0.808. The van der Waals surface area contributed by atoms with Crippen LogP contribution in [0.3, 0.4) is 0 Å². The highest BCUT2D eigenvalue weighted by molar-refractivity contribution is 5.99. The zero-order valence-electron chi connectivity index (χ0n) is 19.6. The van der Waals surface area contributed by atoms with E-state index in [9.17, 15) is 9.90 Å². The molecule has 31 heavy (non-hydrogen) atoms. The largest absolute Gasteiger partial charge is 0.504 e. The minimum absolute atomic E-state index is 0.0209. The lowest BCUT2D eigenvalue weighted by atomic mass is 9.46. The van der Waals surface area contributed by atoms with Gasteiger partial charge in [-0.1, -0.05) is 25.5 Å². The molecule has 0 spiro atoms. The average Bonchev–Trinajstić information content (AvgIpc) is 3.12. The lowest BCUT2D eigenvalue weighted by Gasteiger charge is -2.59. The van der Waals surface area contributed by atoms with E-state index in [0.717, 1.165) is 44.9 Å². The van der Waals surface area contributed by atoms with Crippen molar-refractivity contribution in [3.63, 3.8) is 0 Å². The number of ether oxygens (including phenoxy) is 3. The Morgan fingerprint density at radius 2 is 1.97 bits per heavy atom. The zero-order valence-corrected chi connectivity index (χ0v) is 19.6. The van der Waals surface area contributed by atoms with Crippen molar-refractivity contribution in [1.29, 1.82) is 0 Å². The molecule has 0 aromatic carbocycles. The lowest BCUT2D eigenvalue weighted by molar-refractivity contribution is -0.212. The van der Waals surface area contributed by atoms with E-state index in [1.54, 1.807) is 13.2 Å².